The van der Waals surface area contributed by atoms with Crippen LogP contribution >= 0.6 is 11.6 Å². The number of fused-ring (bicyclic) bond motifs is 1. The first-order chi connectivity index (χ1) is 10.3. The molecule has 21 heavy (non-hydrogen) atoms. The van der Waals surface area contributed by atoms with Gasteiger partial charge in [0.15, 0.2) is 0 Å². The average Bonchev–Trinajstić information content (AvgIpc) is 3.27. The summed E-state index contributed by atoms with van der Waals surface area (Å²) >= 11 is 6.37. The Morgan fingerprint density at radius 1 is 1.19 bits per heavy atom. The molecule has 1 saturated carbocycles. The van der Waals surface area contributed by atoms with Gasteiger partial charge in [0, 0.05) is 18.2 Å². The van der Waals surface area contributed by atoms with Gasteiger partial charge in [-0.15, -0.1) is 0 Å². The molecule has 3 aromatic rings. The van der Waals surface area contributed by atoms with Crippen LogP contribution in [0.25, 0.3) is 22.4 Å². The van der Waals surface area contributed by atoms with E-state index in [0.717, 1.165) is 27.5 Å². The molecule has 0 unspecified atom stereocenters. The molecule has 1 aliphatic carbocycles. The van der Waals surface area contributed by atoms with Gasteiger partial charge in [0.25, 0.3) is 0 Å². The molecule has 1 aromatic heterocycles. The Bertz CT molecular complexity index is 818. The van der Waals surface area contributed by atoms with Crippen molar-refractivity contribution in [3.05, 3.63) is 53.1 Å². The lowest BCUT2D eigenvalue weighted by atomic mass is 10.2. The summed E-state index contributed by atoms with van der Waals surface area (Å²) in [5.74, 6) is 0.965. The number of halogens is 1. The maximum absolute atomic E-state index is 6.37. The first-order valence-corrected chi connectivity index (χ1v) is 7.61. The molecule has 4 rings (SSSR count). The molecule has 0 bridgehead atoms. The van der Waals surface area contributed by atoms with Crippen LogP contribution in [0.15, 0.2) is 42.5 Å². The lowest BCUT2D eigenvalue weighted by molar-refractivity contribution is 0.775. The highest BCUT2D eigenvalue weighted by atomic mass is 35.5. The second-order valence-electron chi connectivity index (χ2n) is 5.54. The van der Waals surface area contributed by atoms with Crippen LogP contribution < -0.4 is 5.73 Å². The second kappa shape index (κ2) is 4.86. The minimum Gasteiger partial charge on any atom is -0.326 e. The standard InChI is InChI=1S/C17H16ClN3/c18-14-4-2-1-3-13(14)17-20-15-9-11(10-19)5-8-16(15)21(17)12-6-7-12/h1-5,8-9,12H,6-7,10,19H2. The molecule has 0 atom stereocenters. The van der Waals surface area contributed by atoms with E-state index in [1.165, 1.54) is 18.4 Å². The van der Waals surface area contributed by atoms with Crippen LogP contribution in [0.5, 0.6) is 0 Å². The summed E-state index contributed by atoms with van der Waals surface area (Å²) in [6.45, 7) is 0.535. The molecule has 2 N–H and O–H groups in total. The number of hydrogen-bond donors (Lipinski definition) is 1. The van der Waals surface area contributed by atoms with Gasteiger partial charge in [-0.3, -0.25) is 0 Å². The molecule has 1 fully saturated rings. The van der Waals surface area contributed by atoms with Gasteiger partial charge in [0.05, 0.1) is 16.1 Å². The Morgan fingerprint density at radius 3 is 2.71 bits per heavy atom. The van der Waals surface area contributed by atoms with Crippen molar-refractivity contribution in [1.82, 2.24) is 9.55 Å². The molecule has 0 radical (unpaired) electrons. The summed E-state index contributed by atoms with van der Waals surface area (Å²) in [6, 6.07) is 14.7. The van der Waals surface area contributed by atoms with Crippen molar-refractivity contribution in [1.29, 1.82) is 0 Å². The van der Waals surface area contributed by atoms with Crippen molar-refractivity contribution in [3.8, 4) is 11.4 Å². The van der Waals surface area contributed by atoms with E-state index in [9.17, 15) is 0 Å². The minimum absolute atomic E-state index is 0.535. The van der Waals surface area contributed by atoms with Gasteiger partial charge in [-0.25, -0.2) is 4.98 Å². The van der Waals surface area contributed by atoms with Gasteiger partial charge in [-0.2, -0.15) is 0 Å². The van der Waals surface area contributed by atoms with Crippen molar-refractivity contribution in [2.45, 2.75) is 25.4 Å². The van der Waals surface area contributed by atoms with Crippen LogP contribution in [0.4, 0.5) is 0 Å². The molecule has 4 heteroatoms. The lowest BCUT2D eigenvalue weighted by Gasteiger charge is -2.09. The Kier molecular flexibility index (Phi) is 2.98. The highest BCUT2D eigenvalue weighted by Crippen LogP contribution is 2.42. The third-order valence-corrected chi connectivity index (χ3v) is 4.35. The zero-order chi connectivity index (χ0) is 14.4. The number of benzene rings is 2. The molecule has 106 valence electrons. The first kappa shape index (κ1) is 12.9. The van der Waals surface area contributed by atoms with Crippen molar-refractivity contribution in [2.24, 2.45) is 5.73 Å². The van der Waals surface area contributed by atoms with Crippen LogP contribution in [0, 0.1) is 0 Å². The van der Waals surface area contributed by atoms with E-state index in [4.69, 9.17) is 22.3 Å². The number of nitrogens with two attached hydrogens (primary N) is 1. The molecule has 1 heterocycles. The fraction of sp³-hybridized carbons (Fsp3) is 0.235. The molecule has 2 aromatic carbocycles. The summed E-state index contributed by atoms with van der Waals surface area (Å²) in [6.07, 6.45) is 2.42. The van der Waals surface area contributed by atoms with Crippen LogP contribution in [0.2, 0.25) is 5.02 Å². The number of rotatable bonds is 3. The van der Waals surface area contributed by atoms with E-state index in [2.05, 4.69) is 22.8 Å². The molecule has 0 aliphatic heterocycles. The van der Waals surface area contributed by atoms with Crippen molar-refractivity contribution >= 4 is 22.6 Å². The van der Waals surface area contributed by atoms with E-state index >= 15 is 0 Å². The number of nitrogens with zero attached hydrogens (tertiary/aromatic N) is 2. The van der Waals surface area contributed by atoms with Crippen LogP contribution in [-0.2, 0) is 6.54 Å². The minimum atomic E-state index is 0.535. The third-order valence-electron chi connectivity index (χ3n) is 4.02. The summed E-state index contributed by atoms with van der Waals surface area (Å²) in [4.78, 5) is 4.84. The van der Waals surface area contributed by atoms with Gasteiger partial charge in [-0.1, -0.05) is 29.8 Å². The average molecular weight is 298 g/mol. The van der Waals surface area contributed by atoms with Gasteiger partial charge in [0.2, 0.25) is 0 Å². The van der Waals surface area contributed by atoms with Gasteiger partial charge in [0.1, 0.15) is 5.82 Å². The monoisotopic (exact) mass is 297 g/mol. The Labute approximate surface area is 128 Å². The van der Waals surface area contributed by atoms with Crippen molar-refractivity contribution < 1.29 is 0 Å². The number of imidazole rings is 1. The maximum Gasteiger partial charge on any atom is 0.142 e. The predicted molar refractivity (Wildman–Crippen MR) is 86.3 cm³/mol. The van der Waals surface area contributed by atoms with Gasteiger partial charge >= 0.3 is 0 Å². The predicted octanol–water partition coefficient (Wildman–Crippen LogP) is 4.15. The molecule has 1 aliphatic rings. The maximum atomic E-state index is 6.37. The van der Waals surface area contributed by atoms with Gasteiger partial charge in [-0.05, 0) is 42.7 Å². The smallest absolute Gasteiger partial charge is 0.142 e. The highest BCUT2D eigenvalue weighted by Gasteiger charge is 2.29. The quantitative estimate of drug-likeness (QED) is 0.789. The summed E-state index contributed by atoms with van der Waals surface area (Å²) in [5.41, 5.74) is 10.0. The summed E-state index contributed by atoms with van der Waals surface area (Å²) < 4.78 is 2.33. The summed E-state index contributed by atoms with van der Waals surface area (Å²) in [7, 11) is 0. The highest BCUT2D eigenvalue weighted by molar-refractivity contribution is 6.33. The second-order valence-corrected chi connectivity index (χ2v) is 5.95. The van der Waals surface area contributed by atoms with Gasteiger partial charge < -0.3 is 10.3 Å². The molecule has 0 amide bonds. The third kappa shape index (κ3) is 2.13. The Morgan fingerprint density at radius 2 is 2.00 bits per heavy atom. The van der Waals surface area contributed by atoms with Crippen LogP contribution in [-0.4, -0.2) is 9.55 Å². The van der Waals surface area contributed by atoms with E-state index < -0.39 is 0 Å². The fourth-order valence-electron chi connectivity index (χ4n) is 2.81. The van der Waals surface area contributed by atoms with Crippen LogP contribution in [0.3, 0.4) is 0 Å². The zero-order valence-corrected chi connectivity index (χ0v) is 12.3. The summed E-state index contributed by atoms with van der Waals surface area (Å²) in [5, 5.41) is 0.744. The number of aromatic nitrogens is 2. The lowest BCUT2D eigenvalue weighted by Crippen LogP contribution is -1.98. The SMILES string of the molecule is NCc1ccc2c(c1)nc(-c1ccccc1Cl)n2C1CC1. The number of hydrogen-bond acceptors (Lipinski definition) is 2. The molecule has 3 nitrogen and oxygen atoms in total. The normalized spacial score (nSPS) is 14.8. The molecular formula is C17H16ClN3. The first-order valence-electron chi connectivity index (χ1n) is 7.24. The Balaban J connectivity index is 1.99. The topological polar surface area (TPSA) is 43.8 Å². The Hall–Kier alpha value is -1.84. The van der Waals surface area contributed by atoms with Crippen molar-refractivity contribution in [2.75, 3.05) is 0 Å². The molecule has 0 spiro atoms. The van der Waals surface area contributed by atoms with Crippen LogP contribution in [0.1, 0.15) is 24.4 Å². The zero-order valence-electron chi connectivity index (χ0n) is 11.6. The fourth-order valence-corrected chi connectivity index (χ4v) is 3.03. The van der Waals surface area contributed by atoms with E-state index in [1.54, 1.807) is 0 Å². The van der Waals surface area contributed by atoms with E-state index in [0.29, 0.717) is 12.6 Å². The van der Waals surface area contributed by atoms with E-state index in [1.807, 2.05) is 24.3 Å². The van der Waals surface area contributed by atoms with E-state index in [-0.39, 0.29) is 0 Å². The molecular weight excluding hydrogens is 282 g/mol. The largest absolute Gasteiger partial charge is 0.326 e. The van der Waals surface area contributed by atoms with Crippen molar-refractivity contribution in [3.63, 3.8) is 0 Å². The molecule has 0 saturated heterocycles.